The summed E-state index contributed by atoms with van der Waals surface area (Å²) in [7, 11) is 0. The van der Waals surface area contributed by atoms with Gasteiger partial charge in [0, 0.05) is 31.3 Å². The highest BCUT2D eigenvalue weighted by atomic mass is 35.5. The lowest BCUT2D eigenvalue weighted by Crippen LogP contribution is -2.38. The van der Waals surface area contributed by atoms with Crippen LogP contribution in [0, 0.1) is 10.1 Å². The van der Waals surface area contributed by atoms with Gasteiger partial charge in [-0.1, -0.05) is 18.5 Å². The van der Waals surface area contributed by atoms with Crippen LogP contribution < -0.4 is 5.32 Å². The summed E-state index contributed by atoms with van der Waals surface area (Å²) in [4.78, 5) is 12.8. The molecule has 0 spiro atoms. The third-order valence-corrected chi connectivity index (χ3v) is 3.88. The number of anilines is 1. The lowest BCUT2D eigenvalue weighted by molar-refractivity contribution is -0.384. The zero-order chi connectivity index (χ0) is 13.8. The molecule has 1 N–H and O–H groups in total. The van der Waals surface area contributed by atoms with Crippen LogP contribution in [0.25, 0.3) is 0 Å². The van der Waals surface area contributed by atoms with Gasteiger partial charge in [-0.3, -0.25) is 10.1 Å². The summed E-state index contributed by atoms with van der Waals surface area (Å²) in [5.41, 5.74) is 0.726. The maximum Gasteiger partial charge on any atom is 0.271 e. The lowest BCUT2D eigenvalue weighted by Gasteiger charge is -2.32. The van der Waals surface area contributed by atoms with Crippen molar-refractivity contribution in [3.05, 3.63) is 33.3 Å². The molecular formula is C13H18ClN3O2. The minimum Gasteiger partial charge on any atom is -0.381 e. The Morgan fingerprint density at radius 3 is 2.74 bits per heavy atom. The van der Waals surface area contributed by atoms with Gasteiger partial charge in [0.25, 0.3) is 5.69 Å². The van der Waals surface area contributed by atoms with E-state index >= 15 is 0 Å². The van der Waals surface area contributed by atoms with Gasteiger partial charge in [0.2, 0.25) is 0 Å². The van der Waals surface area contributed by atoms with E-state index < -0.39 is 4.92 Å². The van der Waals surface area contributed by atoms with E-state index in [0.717, 1.165) is 32.5 Å². The molecule has 0 saturated carbocycles. The van der Waals surface area contributed by atoms with Gasteiger partial charge in [-0.25, -0.2) is 0 Å². The molecule has 2 rings (SSSR count). The highest BCUT2D eigenvalue weighted by Gasteiger charge is 2.19. The van der Waals surface area contributed by atoms with E-state index in [0.29, 0.717) is 16.8 Å². The van der Waals surface area contributed by atoms with Crippen LogP contribution in [0.1, 0.15) is 19.8 Å². The predicted molar refractivity (Wildman–Crippen MR) is 76.9 cm³/mol. The lowest BCUT2D eigenvalue weighted by atomic mass is 10.0. The fourth-order valence-corrected chi connectivity index (χ4v) is 2.52. The molecule has 0 atom stereocenters. The first-order valence-corrected chi connectivity index (χ1v) is 6.90. The fraction of sp³-hybridized carbons (Fsp3) is 0.538. The van der Waals surface area contributed by atoms with E-state index in [4.69, 9.17) is 11.6 Å². The topological polar surface area (TPSA) is 58.4 Å². The van der Waals surface area contributed by atoms with Crippen LogP contribution in [-0.2, 0) is 0 Å². The van der Waals surface area contributed by atoms with Crippen molar-refractivity contribution < 1.29 is 4.92 Å². The number of rotatable bonds is 4. The standard InChI is InChI=1S/C13H18ClN3O2/c1-2-16-7-5-10(6-8-16)15-13-9-11(17(18)19)3-4-12(13)14/h3-4,9-10,15H,2,5-8H2,1H3. The first kappa shape index (κ1) is 14.1. The van der Waals surface area contributed by atoms with Crippen LogP contribution in [0.2, 0.25) is 5.02 Å². The van der Waals surface area contributed by atoms with Gasteiger partial charge in [-0.05, 0) is 25.5 Å². The van der Waals surface area contributed by atoms with Crippen molar-refractivity contribution in [1.29, 1.82) is 0 Å². The van der Waals surface area contributed by atoms with Crippen molar-refractivity contribution in [3.8, 4) is 0 Å². The second-order valence-corrected chi connectivity index (χ2v) is 5.18. The van der Waals surface area contributed by atoms with Crippen molar-refractivity contribution >= 4 is 23.0 Å². The highest BCUT2D eigenvalue weighted by Crippen LogP contribution is 2.28. The molecule has 6 heteroatoms. The Bertz CT molecular complexity index is 459. The zero-order valence-corrected chi connectivity index (χ0v) is 11.7. The molecule has 5 nitrogen and oxygen atoms in total. The summed E-state index contributed by atoms with van der Waals surface area (Å²) in [6.45, 7) is 5.34. The number of likely N-dealkylation sites (tertiary alicyclic amines) is 1. The molecular weight excluding hydrogens is 266 g/mol. The summed E-state index contributed by atoms with van der Waals surface area (Å²) in [6, 6.07) is 4.84. The first-order valence-electron chi connectivity index (χ1n) is 6.53. The van der Waals surface area contributed by atoms with E-state index in [9.17, 15) is 10.1 Å². The molecule has 104 valence electrons. The molecule has 1 aliphatic rings. The van der Waals surface area contributed by atoms with Crippen LogP contribution in [0.5, 0.6) is 0 Å². The molecule has 0 amide bonds. The Morgan fingerprint density at radius 2 is 2.16 bits per heavy atom. The van der Waals surface area contributed by atoms with Crippen molar-refractivity contribution in [2.75, 3.05) is 25.0 Å². The van der Waals surface area contributed by atoms with E-state index in [1.54, 1.807) is 6.07 Å². The van der Waals surface area contributed by atoms with Gasteiger partial charge in [-0.2, -0.15) is 0 Å². The molecule has 1 saturated heterocycles. The predicted octanol–water partition coefficient (Wildman–Crippen LogP) is 3.14. The van der Waals surface area contributed by atoms with Crippen LogP contribution in [-0.4, -0.2) is 35.5 Å². The molecule has 1 heterocycles. The van der Waals surface area contributed by atoms with Gasteiger partial charge in [-0.15, -0.1) is 0 Å². The Labute approximate surface area is 117 Å². The zero-order valence-electron chi connectivity index (χ0n) is 10.9. The normalized spacial score (nSPS) is 17.4. The maximum absolute atomic E-state index is 10.8. The van der Waals surface area contributed by atoms with E-state index in [1.165, 1.54) is 12.1 Å². The van der Waals surface area contributed by atoms with Crippen LogP contribution in [0.4, 0.5) is 11.4 Å². The van der Waals surface area contributed by atoms with Crippen molar-refractivity contribution in [2.45, 2.75) is 25.8 Å². The number of nitro groups is 1. The van der Waals surface area contributed by atoms with Crippen molar-refractivity contribution in [2.24, 2.45) is 0 Å². The average molecular weight is 284 g/mol. The Kier molecular flexibility index (Phi) is 4.61. The Hall–Kier alpha value is -1.33. The number of nitro benzene ring substituents is 1. The minimum atomic E-state index is -0.402. The molecule has 0 aromatic heterocycles. The number of nitrogens with one attached hydrogen (secondary N) is 1. The highest BCUT2D eigenvalue weighted by molar-refractivity contribution is 6.33. The SMILES string of the molecule is CCN1CCC(Nc2cc([N+](=O)[O-])ccc2Cl)CC1. The third kappa shape index (κ3) is 3.58. The number of hydrogen-bond acceptors (Lipinski definition) is 4. The fourth-order valence-electron chi connectivity index (χ4n) is 2.35. The maximum atomic E-state index is 10.8. The van der Waals surface area contributed by atoms with Crippen LogP contribution in [0.3, 0.4) is 0 Å². The molecule has 1 fully saturated rings. The van der Waals surface area contributed by atoms with Crippen LogP contribution >= 0.6 is 11.6 Å². The summed E-state index contributed by atoms with van der Waals surface area (Å²) in [5, 5.41) is 14.6. The molecule has 1 aromatic carbocycles. The first-order chi connectivity index (χ1) is 9.10. The van der Waals surface area contributed by atoms with Gasteiger partial charge < -0.3 is 10.2 Å². The minimum absolute atomic E-state index is 0.0675. The summed E-state index contributed by atoms with van der Waals surface area (Å²) < 4.78 is 0. The van der Waals surface area contributed by atoms with E-state index in [1.807, 2.05) is 0 Å². The van der Waals surface area contributed by atoms with Gasteiger partial charge in [0.1, 0.15) is 0 Å². The monoisotopic (exact) mass is 283 g/mol. The van der Waals surface area contributed by atoms with Gasteiger partial charge in [0.15, 0.2) is 0 Å². The Morgan fingerprint density at radius 1 is 1.47 bits per heavy atom. The average Bonchev–Trinajstić information content (AvgIpc) is 2.42. The number of halogens is 1. The van der Waals surface area contributed by atoms with Crippen LogP contribution in [0.15, 0.2) is 18.2 Å². The number of nitrogens with zero attached hydrogens (tertiary/aromatic N) is 2. The Balaban J connectivity index is 2.03. The molecule has 0 aliphatic carbocycles. The number of hydrogen-bond donors (Lipinski definition) is 1. The molecule has 0 unspecified atom stereocenters. The molecule has 0 radical (unpaired) electrons. The summed E-state index contributed by atoms with van der Waals surface area (Å²) >= 11 is 6.08. The number of benzene rings is 1. The number of piperidine rings is 1. The quantitative estimate of drug-likeness (QED) is 0.681. The van der Waals surface area contributed by atoms with E-state index in [-0.39, 0.29) is 5.69 Å². The molecule has 1 aromatic rings. The number of non-ortho nitro benzene ring substituents is 1. The van der Waals surface area contributed by atoms with Gasteiger partial charge in [0.05, 0.1) is 15.6 Å². The third-order valence-electron chi connectivity index (χ3n) is 3.56. The smallest absolute Gasteiger partial charge is 0.271 e. The molecule has 1 aliphatic heterocycles. The summed E-state index contributed by atoms with van der Waals surface area (Å²) in [6.07, 6.45) is 2.07. The van der Waals surface area contributed by atoms with Crippen molar-refractivity contribution in [1.82, 2.24) is 4.90 Å². The summed E-state index contributed by atoms with van der Waals surface area (Å²) in [5.74, 6) is 0. The largest absolute Gasteiger partial charge is 0.381 e. The molecule has 0 bridgehead atoms. The van der Waals surface area contributed by atoms with Crippen molar-refractivity contribution in [3.63, 3.8) is 0 Å². The molecule has 19 heavy (non-hydrogen) atoms. The second-order valence-electron chi connectivity index (χ2n) is 4.77. The van der Waals surface area contributed by atoms with E-state index in [2.05, 4.69) is 17.1 Å². The second kappa shape index (κ2) is 6.21. The van der Waals surface area contributed by atoms with Gasteiger partial charge >= 0.3 is 0 Å².